The van der Waals surface area contributed by atoms with Crippen molar-refractivity contribution < 1.29 is 23.5 Å². The SMILES string of the molecule is O=C(Cc1ccc(F)cc1F)Nc1ccc(C(=O)O)cc1. The van der Waals surface area contributed by atoms with Crippen molar-refractivity contribution in [3.05, 3.63) is 65.2 Å². The minimum atomic E-state index is -1.07. The Morgan fingerprint density at radius 3 is 2.29 bits per heavy atom. The van der Waals surface area contributed by atoms with Gasteiger partial charge < -0.3 is 10.4 Å². The van der Waals surface area contributed by atoms with E-state index in [9.17, 15) is 18.4 Å². The van der Waals surface area contributed by atoms with E-state index in [4.69, 9.17) is 5.11 Å². The molecule has 2 aromatic rings. The lowest BCUT2D eigenvalue weighted by atomic mass is 10.1. The van der Waals surface area contributed by atoms with Crippen LogP contribution >= 0.6 is 0 Å². The van der Waals surface area contributed by atoms with E-state index in [1.54, 1.807) is 0 Å². The van der Waals surface area contributed by atoms with Crippen LogP contribution in [0.4, 0.5) is 14.5 Å². The lowest BCUT2D eigenvalue weighted by molar-refractivity contribution is -0.115. The first-order chi connectivity index (χ1) is 9.95. The van der Waals surface area contributed by atoms with Crippen LogP contribution in [0.25, 0.3) is 0 Å². The molecule has 0 spiro atoms. The molecule has 0 saturated carbocycles. The summed E-state index contributed by atoms with van der Waals surface area (Å²) in [6, 6.07) is 8.55. The maximum atomic E-state index is 13.4. The van der Waals surface area contributed by atoms with Crippen molar-refractivity contribution in [2.45, 2.75) is 6.42 Å². The average molecular weight is 291 g/mol. The molecule has 0 radical (unpaired) electrons. The Morgan fingerprint density at radius 1 is 1.05 bits per heavy atom. The van der Waals surface area contributed by atoms with E-state index in [-0.39, 0.29) is 17.5 Å². The van der Waals surface area contributed by atoms with E-state index >= 15 is 0 Å². The molecule has 4 nitrogen and oxygen atoms in total. The van der Waals surface area contributed by atoms with Gasteiger partial charge in [-0.1, -0.05) is 6.07 Å². The number of aromatic carboxylic acids is 1. The summed E-state index contributed by atoms with van der Waals surface area (Å²) in [6.07, 6.45) is -0.243. The summed E-state index contributed by atoms with van der Waals surface area (Å²) in [6.45, 7) is 0. The second-order valence-electron chi connectivity index (χ2n) is 4.34. The topological polar surface area (TPSA) is 66.4 Å². The molecule has 0 aliphatic heterocycles. The maximum Gasteiger partial charge on any atom is 0.335 e. The number of benzene rings is 2. The van der Waals surface area contributed by atoms with Gasteiger partial charge in [-0.2, -0.15) is 0 Å². The summed E-state index contributed by atoms with van der Waals surface area (Å²) >= 11 is 0. The summed E-state index contributed by atoms with van der Waals surface area (Å²) in [5.74, 6) is -3.04. The number of carboxylic acids is 1. The van der Waals surface area contributed by atoms with E-state index < -0.39 is 23.5 Å². The van der Waals surface area contributed by atoms with E-state index in [2.05, 4.69) is 5.32 Å². The van der Waals surface area contributed by atoms with Crippen molar-refractivity contribution in [2.24, 2.45) is 0 Å². The zero-order chi connectivity index (χ0) is 15.4. The third-order valence-electron chi connectivity index (χ3n) is 2.78. The van der Waals surface area contributed by atoms with Crippen molar-refractivity contribution in [2.75, 3.05) is 5.32 Å². The molecule has 0 aliphatic carbocycles. The monoisotopic (exact) mass is 291 g/mol. The fraction of sp³-hybridized carbons (Fsp3) is 0.0667. The van der Waals surface area contributed by atoms with Gasteiger partial charge in [0, 0.05) is 11.8 Å². The van der Waals surface area contributed by atoms with Gasteiger partial charge in [-0.25, -0.2) is 13.6 Å². The highest BCUT2D eigenvalue weighted by Gasteiger charge is 2.10. The van der Waals surface area contributed by atoms with Gasteiger partial charge in [-0.05, 0) is 35.9 Å². The number of nitrogens with one attached hydrogen (secondary N) is 1. The molecular formula is C15H11F2NO3. The van der Waals surface area contributed by atoms with Crippen LogP contribution in [0.15, 0.2) is 42.5 Å². The third kappa shape index (κ3) is 3.85. The van der Waals surface area contributed by atoms with Crippen LogP contribution in [0.5, 0.6) is 0 Å². The van der Waals surface area contributed by atoms with Crippen LogP contribution in [0.3, 0.4) is 0 Å². The molecule has 2 aromatic carbocycles. The second-order valence-corrected chi connectivity index (χ2v) is 4.34. The predicted octanol–water partition coefficient (Wildman–Crippen LogP) is 2.84. The van der Waals surface area contributed by atoms with Crippen LogP contribution in [-0.4, -0.2) is 17.0 Å². The first kappa shape index (κ1) is 14.6. The molecule has 6 heteroatoms. The van der Waals surface area contributed by atoms with Crippen LogP contribution in [0.1, 0.15) is 15.9 Å². The van der Waals surface area contributed by atoms with Crippen molar-refractivity contribution >= 4 is 17.6 Å². The first-order valence-electron chi connectivity index (χ1n) is 6.03. The number of carbonyl (C=O) groups excluding carboxylic acids is 1. The zero-order valence-electron chi connectivity index (χ0n) is 10.8. The number of carbonyl (C=O) groups is 2. The van der Waals surface area contributed by atoms with E-state index in [0.29, 0.717) is 11.8 Å². The van der Waals surface area contributed by atoms with Crippen LogP contribution in [0.2, 0.25) is 0 Å². The minimum Gasteiger partial charge on any atom is -0.478 e. The summed E-state index contributed by atoms with van der Waals surface area (Å²) in [4.78, 5) is 22.4. The van der Waals surface area contributed by atoms with Gasteiger partial charge in [0.15, 0.2) is 0 Å². The maximum absolute atomic E-state index is 13.4. The summed E-state index contributed by atoms with van der Waals surface area (Å²) in [5, 5.41) is 11.3. The molecule has 0 fully saturated rings. The molecule has 1 amide bonds. The lowest BCUT2D eigenvalue weighted by Gasteiger charge is -2.06. The average Bonchev–Trinajstić information content (AvgIpc) is 2.42. The smallest absolute Gasteiger partial charge is 0.335 e. The Kier molecular flexibility index (Phi) is 4.27. The largest absolute Gasteiger partial charge is 0.478 e. The number of rotatable bonds is 4. The molecule has 108 valence electrons. The number of hydrogen-bond donors (Lipinski definition) is 2. The molecule has 0 heterocycles. The van der Waals surface area contributed by atoms with Crippen LogP contribution in [0, 0.1) is 11.6 Å². The van der Waals surface area contributed by atoms with Gasteiger partial charge in [0.05, 0.1) is 12.0 Å². The molecule has 0 atom stereocenters. The predicted molar refractivity (Wildman–Crippen MR) is 72.1 cm³/mol. The van der Waals surface area contributed by atoms with Crippen LogP contribution in [-0.2, 0) is 11.2 Å². The van der Waals surface area contributed by atoms with E-state index in [1.807, 2.05) is 0 Å². The van der Waals surface area contributed by atoms with Crippen molar-refractivity contribution in [1.29, 1.82) is 0 Å². The summed E-state index contributed by atoms with van der Waals surface area (Å²) < 4.78 is 26.2. The number of hydrogen-bond acceptors (Lipinski definition) is 2. The van der Waals surface area contributed by atoms with Crippen molar-refractivity contribution in [3.8, 4) is 0 Å². The highest BCUT2D eigenvalue weighted by atomic mass is 19.1. The van der Waals surface area contributed by atoms with Gasteiger partial charge in [-0.15, -0.1) is 0 Å². The second kappa shape index (κ2) is 6.13. The van der Waals surface area contributed by atoms with E-state index in [1.165, 1.54) is 30.3 Å². The fourth-order valence-electron chi connectivity index (χ4n) is 1.74. The van der Waals surface area contributed by atoms with Crippen molar-refractivity contribution in [3.63, 3.8) is 0 Å². The van der Waals surface area contributed by atoms with Gasteiger partial charge >= 0.3 is 5.97 Å². The van der Waals surface area contributed by atoms with E-state index in [0.717, 1.165) is 6.07 Å². The highest BCUT2D eigenvalue weighted by Crippen LogP contribution is 2.13. The molecule has 0 bridgehead atoms. The van der Waals surface area contributed by atoms with Gasteiger partial charge in [-0.3, -0.25) is 4.79 Å². The minimum absolute atomic E-state index is 0.0797. The Labute approximate surface area is 119 Å². The molecule has 0 saturated heterocycles. The number of amides is 1. The first-order valence-corrected chi connectivity index (χ1v) is 6.03. The Bertz CT molecular complexity index is 684. The quantitative estimate of drug-likeness (QED) is 0.910. The van der Waals surface area contributed by atoms with Gasteiger partial charge in [0.1, 0.15) is 11.6 Å². The molecule has 0 aliphatic rings. The normalized spacial score (nSPS) is 10.2. The summed E-state index contributed by atoms with van der Waals surface area (Å²) in [5.41, 5.74) is 0.571. The zero-order valence-corrected chi connectivity index (χ0v) is 10.8. The van der Waals surface area contributed by atoms with Crippen LogP contribution < -0.4 is 5.32 Å². The molecule has 0 unspecified atom stereocenters. The molecule has 2 rings (SSSR count). The molecular weight excluding hydrogens is 280 g/mol. The number of anilines is 1. The van der Waals surface area contributed by atoms with Gasteiger partial charge in [0.25, 0.3) is 0 Å². The van der Waals surface area contributed by atoms with Crippen molar-refractivity contribution in [1.82, 2.24) is 0 Å². The third-order valence-corrected chi connectivity index (χ3v) is 2.78. The number of halogens is 2. The molecule has 21 heavy (non-hydrogen) atoms. The Balaban J connectivity index is 2.02. The standard InChI is InChI=1S/C15H11F2NO3/c16-11-4-1-10(13(17)8-11)7-14(19)18-12-5-2-9(3-6-12)15(20)21/h1-6,8H,7H2,(H,18,19)(H,20,21). The molecule has 0 aromatic heterocycles. The highest BCUT2D eigenvalue weighted by molar-refractivity contribution is 5.93. The number of carboxylic acid groups (broad SMARTS) is 1. The molecule has 2 N–H and O–H groups in total. The fourth-order valence-corrected chi connectivity index (χ4v) is 1.74. The van der Waals surface area contributed by atoms with Gasteiger partial charge in [0.2, 0.25) is 5.91 Å². The lowest BCUT2D eigenvalue weighted by Crippen LogP contribution is -2.15. The Hall–Kier alpha value is -2.76. The summed E-state index contributed by atoms with van der Waals surface area (Å²) in [7, 11) is 0. The Morgan fingerprint density at radius 2 is 1.71 bits per heavy atom.